The summed E-state index contributed by atoms with van der Waals surface area (Å²) in [6.45, 7) is 3.36. The zero-order valence-corrected chi connectivity index (χ0v) is 20.0. The molecule has 0 amide bonds. The molecule has 2 aliphatic rings. The number of benzene rings is 1. The molecular weight excluding hydrogens is 424 g/mol. The van der Waals surface area contributed by atoms with E-state index in [2.05, 4.69) is 35.7 Å². The van der Waals surface area contributed by atoms with E-state index < -0.39 is 0 Å². The Morgan fingerprint density at radius 1 is 1.15 bits per heavy atom. The average Bonchev–Trinajstić information content (AvgIpc) is 2.88. The monoisotopic (exact) mass is 458 g/mol. The van der Waals surface area contributed by atoms with Crippen LogP contribution in [0.3, 0.4) is 0 Å². The van der Waals surface area contributed by atoms with Gasteiger partial charge in [-0.15, -0.1) is 0 Å². The molecule has 2 aliphatic carbocycles. The van der Waals surface area contributed by atoms with Gasteiger partial charge in [0, 0.05) is 24.3 Å². The lowest BCUT2D eigenvalue weighted by Gasteiger charge is -2.40. The first-order valence-corrected chi connectivity index (χ1v) is 12.4. The lowest BCUT2D eigenvalue weighted by molar-refractivity contribution is 0.171. The molecule has 6 heteroatoms. The van der Waals surface area contributed by atoms with Gasteiger partial charge in [0.15, 0.2) is 0 Å². The quantitative estimate of drug-likeness (QED) is 0.608. The SMILES string of the molecule is Cc1cn(Cc2ccccc2)c(=O)n(CCCNC2CCC(C#N)([C@H]3C=CC=CC3)CC2)c1=O. The lowest BCUT2D eigenvalue weighted by Crippen LogP contribution is -2.42. The van der Waals surface area contributed by atoms with Gasteiger partial charge in [0.1, 0.15) is 0 Å². The summed E-state index contributed by atoms with van der Waals surface area (Å²) < 4.78 is 2.99. The van der Waals surface area contributed by atoms with Crippen molar-refractivity contribution in [1.82, 2.24) is 14.5 Å². The van der Waals surface area contributed by atoms with E-state index in [-0.39, 0.29) is 16.7 Å². The predicted octanol–water partition coefficient (Wildman–Crippen LogP) is 3.93. The summed E-state index contributed by atoms with van der Waals surface area (Å²) >= 11 is 0. The molecular formula is C28H34N4O2. The third-order valence-electron chi connectivity index (χ3n) is 7.39. The Labute approximate surface area is 201 Å². The van der Waals surface area contributed by atoms with Gasteiger partial charge in [-0.05, 0) is 63.5 Å². The van der Waals surface area contributed by atoms with E-state index in [1.165, 1.54) is 4.57 Å². The standard InChI is InChI=1S/C28H34N4O2/c1-22-19-31(20-23-9-4-2-5-10-23)27(34)32(26(22)33)18-8-17-30-25-13-15-28(21-29,16-14-25)24-11-6-3-7-12-24/h2-7,9-11,19,24-25,30H,8,12-18,20H2,1H3/t24-,25?,28?/m0/s1. The number of allylic oxidation sites excluding steroid dienone is 4. The van der Waals surface area contributed by atoms with E-state index in [0.29, 0.717) is 37.0 Å². The number of nitrogens with zero attached hydrogens (tertiary/aromatic N) is 3. The molecule has 1 atom stereocenters. The Balaban J connectivity index is 1.31. The molecule has 0 spiro atoms. The van der Waals surface area contributed by atoms with Gasteiger partial charge in [-0.3, -0.25) is 13.9 Å². The number of aromatic nitrogens is 2. The average molecular weight is 459 g/mol. The van der Waals surface area contributed by atoms with Gasteiger partial charge in [-0.2, -0.15) is 5.26 Å². The fourth-order valence-electron chi connectivity index (χ4n) is 5.33. The van der Waals surface area contributed by atoms with Crippen LogP contribution in [0.1, 0.15) is 49.7 Å². The van der Waals surface area contributed by atoms with Crippen LogP contribution >= 0.6 is 0 Å². The van der Waals surface area contributed by atoms with Crippen molar-refractivity contribution in [3.8, 4) is 6.07 Å². The summed E-state index contributed by atoms with van der Waals surface area (Å²) in [5, 5.41) is 13.5. The maximum atomic E-state index is 13.0. The molecule has 0 saturated heterocycles. The van der Waals surface area contributed by atoms with Crippen molar-refractivity contribution in [3.05, 3.63) is 92.8 Å². The van der Waals surface area contributed by atoms with Crippen LogP contribution in [0.4, 0.5) is 0 Å². The zero-order chi connectivity index (χ0) is 24.0. The van der Waals surface area contributed by atoms with Crippen molar-refractivity contribution >= 4 is 0 Å². The maximum Gasteiger partial charge on any atom is 0.331 e. The Kier molecular flexibility index (Phi) is 7.64. The van der Waals surface area contributed by atoms with Crippen molar-refractivity contribution in [2.45, 2.75) is 64.6 Å². The van der Waals surface area contributed by atoms with Gasteiger partial charge in [0.05, 0.1) is 18.0 Å². The molecule has 178 valence electrons. The van der Waals surface area contributed by atoms with Gasteiger partial charge >= 0.3 is 5.69 Å². The molecule has 0 aliphatic heterocycles. The molecule has 4 rings (SSSR count). The first-order chi connectivity index (χ1) is 16.5. The molecule has 0 unspecified atom stereocenters. The summed E-state index contributed by atoms with van der Waals surface area (Å²) in [4.78, 5) is 25.6. The Morgan fingerprint density at radius 2 is 1.91 bits per heavy atom. The number of aryl methyl sites for hydroxylation is 1. The summed E-state index contributed by atoms with van der Waals surface area (Å²) in [7, 11) is 0. The topological polar surface area (TPSA) is 79.8 Å². The number of nitriles is 1. The molecule has 1 saturated carbocycles. The first-order valence-electron chi connectivity index (χ1n) is 12.4. The fraction of sp³-hybridized carbons (Fsp3) is 0.464. The van der Waals surface area contributed by atoms with E-state index in [9.17, 15) is 14.9 Å². The second kappa shape index (κ2) is 10.8. The second-order valence-corrected chi connectivity index (χ2v) is 9.67. The molecule has 1 heterocycles. The van der Waals surface area contributed by atoms with Gasteiger partial charge in [-0.1, -0.05) is 54.6 Å². The molecule has 1 fully saturated rings. The minimum atomic E-state index is -0.259. The Hall–Kier alpha value is -3.17. The van der Waals surface area contributed by atoms with Crippen LogP contribution in [0.25, 0.3) is 0 Å². The predicted molar refractivity (Wildman–Crippen MR) is 135 cm³/mol. The number of hydrogen-bond donors (Lipinski definition) is 1. The van der Waals surface area contributed by atoms with Gasteiger partial charge in [-0.25, -0.2) is 4.79 Å². The highest BCUT2D eigenvalue weighted by atomic mass is 16.2. The van der Waals surface area contributed by atoms with Crippen LogP contribution in [-0.2, 0) is 13.1 Å². The van der Waals surface area contributed by atoms with Crippen molar-refractivity contribution in [2.24, 2.45) is 11.3 Å². The zero-order valence-electron chi connectivity index (χ0n) is 20.0. The molecule has 2 aromatic rings. The highest BCUT2D eigenvalue weighted by Crippen LogP contribution is 2.45. The first kappa shape index (κ1) is 24.0. The molecule has 0 radical (unpaired) electrons. The molecule has 6 nitrogen and oxygen atoms in total. The van der Waals surface area contributed by atoms with Crippen LogP contribution in [0.5, 0.6) is 0 Å². The van der Waals surface area contributed by atoms with Crippen LogP contribution in [0, 0.1) is 29.6 Å². The number of hydrogen-bond acceptors (Lipinski definition) is 4. The van der Waals surface area contributed by atoms with E-state index in [1.807, 2.05) is 30.3 Å². The molecule has 0 bridgehead atoms. The normalized spacial score (nSPS) is 24.1. The summed E-state index contributed by atoms with van der Waals surface area (Å²) in [6.07, 6.45) is 15.6. The van der Waals surface area contributed by atoms with Gasteiger partial charge in [0.25, 0.3) is 5.56 Å². The van der Waals surface area contributed by atoms with Crippen LogP contribution in [-0.4, -0.2) is 21.7 Å². The summed E-state index contributed by atoms with van der Waals surface area (Å²) in [5.74, 6) is 0.315. The van der Waals surface area contributed by atoms with Gasteiger partial charge < -0.3 is 5.32 Å². The maximum absolute atomic E-state index is 13.0. The number of nitrogens with one attached hydrogen (secondary N) is 1. The van der Waals surface area contributed by atoms with E-state index in [0.717, 1.165) is 44.2 Å². The highest BCUT2D eigenvalue weighted by Gasteiger charge is 2.40. The smallest absolute Gasteiger partial charge is 0.314 e. The molecule has 1 aromatic carbocycles. The van der Waals surface area contributed by atoms with Crippen molar-refractivity contribution in [2.75, 3.05) is 6.54 Å². The molecule has 1 aromatic heterocycles. The summed E-state index contributed by atoms with van der Waals surface area (Å²) in [5.41, 5.74) is 0.889. The minimum absolute atomic E-state index is 0.208. The third-order valence-corrected chi connectivity index (χ3v) is 7.39. The van der Waals surface area contributed by atoms with E-state index in [4.69, 9.17) is 0 Å². The Morgan fingerprint density at radius 3 is 2.59 bits per heavy atom. The van der Waals surface area contributed by atoms with Crippen LogP contribution in [0.15, 0.2) is 70.4 Å². The molecule has 34 heavy (non-hydrogen) atoms. The van der Waals surface area contributed by atoms with Crippen LogP contribution in [0.2, 0.25) is 0 Å². The highest BCUT2D eigenvalue weighted by molar-refractivity contribution is 5.19. The third kappa shape index (κ3) is 5.31. The Bertz CT molecular complexity index is 1190. The van der Waals surface area contributed by atoms with E-state index in [1.54, 1.807) is 17.7 Å². The second-order valence-electron chi connectivity index (χ2n) is 9.67. The van der Waals surface area contributed by atoms with Gasteiger partial charge in [0.2, 0.25) is 0 Å². The van der Waals surface area contributed by atoms with Crippen LogP contribution < -0.4 is 16.6 Å². The van der Waals surface area contributed by atoms with Crippen molar-refractivity contribution in [1.29, 1.82) is 5.26 Å². The van der Waals surface area contributed by atoms with Crippen molar-refractivity contribution in [3.63, 3.8) is 0 Å². The fourth-order valence-corrected chi connectivity index (χ4v) is 5.33. The largest absolute Gasteiger partial charge is 0.331 e. The number of rotatable bonds is 8. The molecule has 1 N–H and O–H groups in total. The summed E-state index contributed by atoms with van der Waals surface area (Å²) in [6, 6.07) is 12.8. The van der Waals surface area contributed by atoms with Crippen molar-refractivity contribution < 1.29 is 0 Å². The van der Waals surface area contributed by atoms with E-state index >= 15 is 0 Å². The minimum Gasteiger partial charge on any atom is -0.314 e. The lowest BCUT2D eigenvalue weighted by atomic mass is 9.64.